The molecule has 2 rings (SSSR count). The maximum atomic E-state index is 13.3. The number of hydrogen-bond donors (Lipinski definition) is 1. The van der Waals surface area contributed by atoms with E-state index in [2.05, 4.69) is 10.2 Å². The van der Waals surface area contributed by atoms with E-state index in [0.29, 0.717) is 0 Å². The van der Waals surface area contributed by atoms with Crippen molar-refractivity contribution in [3.05, 3.63) is 29.8 Å². The summed E-state index contributed by atoms with van der Waals surface area (Å²) in [6.07, 6.45) is 0. The first kappa shape index (κ1) is 12.3. The lowest BCUT2D eigenvalue weighted by Gasteiger charge is -2.33. The normalized spacial score (nSPS) is 18.9. The molecule has 1 aliphatic rings. The molecule has 17 heavy (non-hydrogen) atoms. The number of benzene rings is 1. The van der Waals surface area contributed by atoms with Crippen LogP contribution in [0.4, 0.5) is 4.39 Å². The molecule has 0 radical (unpaired) electrons. The monoisotopic (exact) mass is 238 g/mol. The van der Waals surface area contributed by atoms with Gasteiger partial charge in [-0.25, -0.2) is 4.39 Å². The number of methoxy groups -OCH3 is 1. The van der Waals surface area contributed by atoms with Crippen molar-refractivity contribution >= 4 is 0 Å². The molecule has 4 heteroatoms. The minimum atomic E-state index is -0.354. The molecule has 0 amide bonds. The van der Waals surface area contributed by atoms with E-state index < -0.39 is 0 Å². The average Bonchev–Trinajstić information content (AvgIpc) is 2.41. The highest BCUT2D eigenvalue weighted by Crippen LogP contribution is 2.24. The summed E-state index contributed by atoms with van der Waals surface area (Å²) in [5, 5.41) is 3.28. The van der Waals surface area contributed by atoms with Gasteiger partial charge >= 0.3 is 0 Å². The van der Waals surface area contributed by atoms with E-state index in [1.165, 1.54) is 0 Å². The first-order valence-electron chi connectivity index (χ1n) is 6.00. The SMILES string of the molecule is COc1cccc([C@@H](CF)N2CCNCC2)c1. The summed E-state index contributed by atoms with van der Waals surface area (Å²) in [6, 6.07) is 7.55. The first-order valence-corrected chi connectivity index (χ1v) is 6.00. The molecule has 0 spiro atoms. The summed E-state index contributed by atoms with van der Waals surface area (Å²) in [5.74, 6) is 0.788. The fourth-order valence-electron chi connectivity index (χ4n) is 2.24. The number of nitrogens with one attached hydrogen (secondary N) is 1. The Morgan fingerprint density at radius 2 is 2.18 bits per heavy atom. The predicted molar refractivity (Wildman–Crippen MR) is 66.2 cm³/mol. The van der Waals surface area contributed by atoms with Crippen LogP contribution in [0.1, 0.15) is 11.6 Å². The predicted octanol–water partition coefficient (Wildman–Crippen LogP) is 1.61. The molecular formula is C13H19FN2O. The topological polar surface area (TPSA) is 24.5 Å². The van der Waals surface area contributed by atoms with Gasteiger partial charge in [0.1, 0.15) is 12.4 Å². The van der Waals surface area contributed by atoms with E-state index >= 15 is 0 Å². The zero-order valence-electron chi connectivity index (χ0n) is 10.2. The molecule has 1 aromatic rings. The molecule has 0 saturated carbocycles. The molecule has 1 saturated heterocycles. The number of hydrogen-bond acceptors (Lipinski definition) is 3. The largest absolute Gasteiger partial charge is 0.497 e. The van der Waals surface area contributed by atoms with Gasteiger partial charge in [0, 0.05) is 26.2 Å². The highest BCUT2D eigenvalue weighted by Gasteiger charge is 2.22. The summed E-state index contributed by atoms with van der Waals surface area (Å²) in [7, 11) is 1.63. The molecular weight excluding hydrogens is 219 g/mol. The van der Waals surface area contributed by atoms with E-state index in [9.17, 15) is 4.39 Å². The van der Waals surface area contributed by atoms with Crippen molar-refractivity contribution in [1.82, 2.24) is 10.2 Å². The van der Waals surface area contributed by atoms with Crippen LogP contribution in [-0.2, 0) is 0 Å². The molecule has 1 aliphatic heterocycles. The van der Waals surface area contributed by atoms with Gasteiger partial charge in [-0.15, -0.1) is 0 Å². The van der Waals surface area contributed by atoms with Crippen molar-refractivity contribution in [2.45, 2.75) is 6.04 Å². The third-order valence-electron chi connectivity index (χ3n) is 3.22. The van der Waals surface area contributed by atoms with Gasteiger partial charge in [-0.1, -0.05) is 12.1 Å². The fourth-order valence-corrected chi connectivity index (χ4v) is 2.24. The number of rotatable bonds is 4. The molecule has 1 fully saturated rings. The van der Waals surface area contributed by atoms with Gasteiger partial charge in [-0.05, 0) is 17.7 Å². The fraction of sp³-hybridized carbons (Fsp3) is 0.538. The van der Waals surface area contributed by atoms with Gasteiger partial charge in [0.15, 0.2) is 0 Å². The molecule has 0 unspecified atom stereocenters. The number of nitrogens with zero attached hydrogens (tertiary/aromatic N) is 1. The van der Waals surface area contributed by atoms with Crippen molar-refractivity contribution in [2.75, 3.05) is 40.0 Å². The van der Waals surface area contributed by atoms with Crippen LogP contribution >= 0.6 is 0 Å². The lowest BCUT2D eigenvalue weighted by Crippen LogP contribution is -2.45. The Bertz CT molecular complexity index is 353. The second kappa shape index (κ2) is 5.98. The average molecular weight is 238 g/mol. The van der Waals surface area contributed by atoms with Crippen LogP contribution in [0.15, 0.2) is 24.3 Å². The van der Waals surface area contributed by atoms with Crippen LogP contribution in [0.3, 0.4) is 0 Å². The standard InChI is InChI=1S/C13H19FN2O/c1-17-12-4-2-3-11(9-12)13(10-14)16-7-5-15-6-8-16/h2-4,9,13,15H,5-8,10H2,1H3/t13-/m1/s1. The van der Waals surface area contributed by atoms with Crippen LogP contribution < -0.4 is 10.1 Å². The third kappa shape index (κ3) is 2.96. The van der Waals surface area contributed by atoms with Crippen LogP contribution in [0.2, 0.25) is 0 Å². The highest BCUT2D eigenvalue weighted by molar-refractivity contribution is 5.30. The molecule has 0 bridgehead atoms. The van der Waals surface area contributed by atoms with Gasteiger partial charge in [-0.3, -0.25) is 4.90 Å². The van der Waals surface area contributed by atoms with Gasteiger partial charge < -0.3 is 10.1 Å². The van der Waals surface area contributed by atoms with Crippen LogP contribution in [0.5, 0.6) is 5.75 Å². The van der Waals surface area contributed by atoms with Crippen LogP contribution in [-0.4, -0.2) is 44.9 Å². The van der Waals surface area contributed by atoms with Crippen LogP contribution in [0.25, 0.3) is 0 Å². The molecule has 0 aliphatic carbocycles. The lowest BCUT2D eigenvalue weighted by molar-refractivity contribution is 0.147. The number of ether oxygens (including phenoxy) is 1. The smallest absolute Gasteiger partial charge is 0.119 e. The van der Waals surface area contributed by atoms with E-state index in [0.717, 1.165) is 37.5 Å². The second-order valence-electron chi connectivity index (χ2n) is 4.23. The maximum Gasteiger partial charge on any atom is 0.119 e. The second-order valence-corrected chi connectivity index (χ2v) is 4.23. The van der Waals surface area contributed by atoms with E-state index in [-0.39, 0.29) is 12.7 Å². The summed E-state index contributed by atoms with van der Waals surface area (Å²) in [4.78, 5) is 2.19. The van der Waals surface area contributed by atoms with Gasteiger partial charge in [-0.2, -0.15) is 0 Å². The third-order valence-corrected chi connectivity index (χ3v) is 3.22. The zero-order valence-corrected chi connectivity index (χ0v) is 10.2. The van der Waals surface area contributed by atoms with Crippen LogP contribution in [0, 0.1) is 0 Å². The molecule has 94 valence electrons. The Hall–Kier alpha value is -1.13. The highest BCUT2D eigenvalue weighted by atomic mass is 19.1. The number of alkyl halides is 1. The summed E-state index contributed by atoms with van der Waals surface area (Å²) >= 11 is 0. The molecule has 1 heterocycles. The van der Waals surface area contributed by atoms with Gasteiger partial charge in [0.25, 0.3) is 0 Å². The van der Waals surface area contributed by atoms with Crippen molar-refractivity contribution < 1.29 is 9.13 Å². The Labute approximate surface area is 102 Å². The van der Waals surface area contributed by atoms with Gasteiger partial charge in [0.05, 0.1) is 13.2 Å². The molecule has 0 aromatic heterocycles. The summed E-state index contributed by atoms with van der Waals surface area (Å²) in [6.45, 7) is 3.30. The minimum Gasteiger partial charge on any atom is -0.497 e. The molecule has 1 atom stereocenters. The lowest BCUT2D eigenvalue weighted by atomic mass is 10.1. The Morgan fingerprint density at radius 3 is 2.82 bits per heavy atom. The quantitative estimate of drug-likeness (QED) is 0.862. The van der Waals surface area contributed by atoms with Crippen molar-refractivity contribution in [2.24, 2.45) is 0 Å². The Morgan fingerprint density at radius 1 is 1.41 bits per heavy atom. The summed E-state index contributed by atoms with van der Waals surface area (Å²) in [5.41, 5.74) is 0.994. The number of halogens is 1. The van der Waals surface area contributed by atoms with Crippen molar-refractivity contribution in [3.63, 3.8) is 0 Å². The van der Waals surface area contributed by atoms with Crippen molar-refractivity contribution in [3.8, 4) is 5.75 Å². The first-order chi connectivity index (χ1) is 8.35. The molecule has 1 N–H and O–H groups in total. The Kier molecular flexibility index (Phi) is 4.34. The molecule has 1 aromatic carbocycles. The van der Waals surface area contributed by atoms with Crippen molar-refractivity contribution in [1.29, 1.82) is 0 Å². The van der Waals surface area contributed by atoms with E-state index in [4.69, 9.17) is 4.74 Å². The number of piperazine rings is 1. The maximum absolute atomic E-state index is 13.3. The van der Waals surface area contributed by atoms with Gasteiger partial charge in [0.2, 0.25) is 0 Å². The van der Waals surface area contributed by atoms with E-state index in [1.807, 2.05) is 24.3 Å². The zero-order chi connectivity index (χ0) is 12.1. The summed E-state index contributed by atoms with van der Waals surface area (Å²) < 4.78 is 18.4. The minimum absolute atomic E-state index is 0.146. The molecule has 3 nitrogen and oxygen atoms in total. The Balaban J connectivity index is 2.15. The van der Waals surface area contributed by atoms with E-state index in [1.54, 1.807) is 7.11 Å².